The minimum Gasteiger partial charge on any atom is -0.390 e. The van der Waals surface area contributed by atoms with Gasteiger partial charge in [-0.1, -0.05) is 0 Å². The van der Waals surface area contributed by atoms with Crippen molar-refractivity contribution in [2.45, 2.75) is 6.61 Å². The minimum atomic E-state index is -0.0868. The van der Waals surface area contributed by atoms with Crippen LogP contribution in [0.2, 0.25) is 0 Å². The number of aliphatic imine (C=N–C) groups is 1. The number of thiazole rings is 1. The van der Waals surface area contributed by atoms with Gasteiger partial charge >= 0.3 is 0 Å². The fourth-order valence-electron chi connectivity index (χ4n) is 0.531. The van der Waals surface area contributed by atoms with E-state index >= 15 is 0 Å². The van der Waals surface area contributed by atoms with Crippen LogP contribution in [0.25, 0.3) is 0 Å². The lowest BCUT2D eigenvalue weighted by Gasteiger charge is -1.85. The molecule has 0 atom stereocenters. The van der Waals surface area contributed by atoms with Crippen LogP contribution in [0, 0.1) is 0 Å². The summed E-state index contributed by atoms with van der Waals surface area (Å²) < 4.78 is 0. The van der Waals surface area contributed by atoms with Crippen LogP contribution in [0.4, 0.5) is 5.13 Å². The Kier molecular flexibility index (Phi) is 4.57. The molecule has 5 N–H and O–H groups in total. The molecular formula is C5H9ClN4OS. The number of guanidine groups is 1. The number of hydrogen-bond donors (Lipinski definition) is 3. The van der Waals surface area contributed by atoms with E-state index in [2.05, 4.69) is 9.98 Å². The Bertz CT molecular complexity index is 270. The largest absolute Gasteiger partial charge is 0.390 e. The molecule has 68 valence electrons. The molecule has 1 heterocycles. The summed E-state index contributed by atoms with van der Waals surface area (Å²) in [6.45, 7) is -0.0868. The normalized spacial score (nSPS) is 8.75. The fraction of sp³-hybridized carbons (Fsp3) is 0.200. The molecule has 0 unspecified atom stereocenters. The van der Waals surface area contributed by atoms with E-state index in [1.54, 1.807) is 5.38 Å². The Morgan fingerprint density at radius 1 is 1.67 bits per heavy atom. The number of aliphatic hydroxyl groups is 1. The molecule has 0 bridgehead atoms. The number of aliphatic hydroxyl groups excluding tert-OH is 1. The van der Waals surface area contributed by atoms with Gasteiger partial charge < -0.3 is 16.6 Å². The van der Waals surface area contributed by atoms with Gasteiger partial charge in [-0.15, -0.1) is 23.7 Å². The lowest BCUT2D eigenvalue weighted by atomic mass is 10.5. The number of nitrogens with zero attached hydrogens (tertiary/aromatic N) is 2. The predicted octanol–water partition coefficient (Wildman–Crippen LogP) is -0.0379. The third kappa shape index (κ3) is 3.04. The van der Waals surface area contributed by atoms with E-state index in [4.69, 9.17) is 16.6 Å². The summed E-state index contributed by atoms with van der Waals surface area (Å²) in [5.41, 5.74) is 10.8. The molecule has 1 rings (SSSR count). The minimum absolute atomic E-state index is 0. The monoisotopic (exact) mass is 208 g/mol. The number of aromatic nitrogens is 1. The number of rotatable bonds is 2. The molecule has 0 spiro atoms. The van der Waals surface area contributed by atoms with Crippen molar-refractivity contribution in [2.24, 2.45) is 16.5 Å². The van der Waals surface area contributed by atoms with Crippen LogP contribution in [0.5, 0.6) is 0 Å². The van der Waals surface area contributed by atoms with E-state index in [9.17, 15) is 0 Å². The maximum atomic E-state index is 8.62. The Hall–Kier alpha value is -0.850. The summed E-state index contributed by atoms with van der Waals surface area (Å²) in [5.74, 6) is -0.0242. The second-order valence-electron chi connectivity index (χ2n) is 1.82. The zero-order valence-corrected chi connectivity index (χ0v) is 7.73. The van der Waals surface area contributed by atoms with Crippen molar-refractivity contribution in [1.82, 2.24) is 4.98 Å². The summed E-state index contributed by atoms with van der Waals surface area (Å²) in [4.78, 5) is 7.59. The third-order valence-electron chi connectivity index (χ3n) is 0.926. The van der Waals surface area contributed by atoms with Crippen molar-refractivity contribution < 1.29 is 5.11 Å². The summed E-state index contributed by atoms with van der Waals surface area (Å²) in [6.07, 6.45) is 0. The number of halogens is 1. The predicted molar refractivity (Wildman–Crippen MR) is 50.8 cm³/mol. The van der Waals surface area contributed by atoms with E-state index in [0.29, 0.717) is 10.8 Å². The molecule has 0 aliphatic carbocycles. The molecule has 0 aliphatic rings. The van der Waals surface area contributed by atoms with Crippen LogP contribution in [0.3, 0.4) is 0 Å². The summed E-state index contributed by atoms with van der Waals surface area (Å²) in [6, 6.07) is 0. The first-order valence-corrected chi connectivity index (χ1v) is 3.75. The Labute approximate surface area is 79.5 Å². The van der Waals surface area contributed by atoms with Gasteiger partial charge in [0.15, 0.2) is 5.96 Å². The summed E-state index contributed by atoms with van der Waals surface area (Å²) in [5, 5.41) is 10.8. The highest BCUT2D eigenvalue weighted by Gasteiger charge is 1.97. The van der Waals surface area contributed by atoms with Gasteiger partial charge in [0.1, 0.15) is 0 Å². The molecule has 5 nitrogen and oxygen atoms in total. The molecule has 0 aliphatic heterocycles. The molecule has 0 saturated carbocycles. The Morgan fingerprint density at radius 2 is 2.33 bits per heavy atom. The average molecular weight is 209 g/mol. The molecule has 7 heteroatoms. The number of hydrogen-bond acceptors (Lipinski definition) is 4. The van der Waals surface area contributed by atoms with Crippen molar-refractivity contribution in [3.05, 3.63) is 11.1 Å². The van der Waals surface area contributed by atoms with Crippen molar-refractivity contribution in [3.8, 4) is 0 Å². The Morgan fingerprint density at radius 3 is 2.75 bits per heavy atom. The average Bonchev–Trinajstić information content (AvgIpc) is 2.34. The number of nitrogens with two attached hydrogens (primary N) is 2. The van der Waals surface area contributed by atoms with Gasteiger partial charge in [0.2, 0.25) is 5.13 Å². The first-order chi connectivity index (χ1) is 5.22. The van der Waals surface area contributed by atoms with Crippen molar-refractivity contribution in [1.29, 1.82) is 0 Å². The zero-order chi connectivity index (χ0) is 8.27. The van der Waals surface area contributed by atoms with Gasteiger partial charge in [-0.2, -0.15) is 4.99 Å². The van der Waals surface area contributed by atoms with Crippen LogP contribution in [-0.2, 0) is 6.61 Å². The highest BCUT2D eigenvalue weighted by molar-refractivity contribution is 7.13. The van der Waals surface area contributed by atoms with E-state index in [-0.39, 0.29) is 25.0 Å². The van der Waals surface area contributed by atoms with Gasteiger partial charge in [0.25, 0.3) is 0 Å². The second-order valence-corrected chi connectivity index (χ2v) is 2.65. The van der Waals surface area contributed by atoms with Crippen LogP contribution in [0.15, 0.2) is 10.4 Å². The SMILES string of the molecule is Cl.NC(N)=Nc1nc(CO)cs1. The Balaban J connectivity index is 0.00000121. The molecule has 12 heavy (non-hydrogen) atoms. The molecular weight excluding hydrogens is 200 g/mol. The zero-order valence-electron chi connectivity index (χ0n) is 6.10. The molecule has 0 radical (unpaired) electrons. The molecule has 0 amide bonds. The van der Waals surface area contributed by atoms with Gasteiger partial charge in [-0.05, 0) is 0 Å². The third-order valence-corrected chi connectivity index (χ3v) is 1.71. The summed E-state index contributed by atoms with van der Waals surface area (Å²) in [7, 11) is 0. The molecule has 0 fully saturated rings. The molecule has 1 aromatic rings. The fourth-order valence-corrected chi connectivity index (χ4v) is 1.23. The van der Waals surface area contributed by atoms with Crippen molar-refractivity contribution in [3.63, 3.8) is 0 Å². The lowest BCUT2D eigenvalue weighted by molar-refractivity contribution is 0.278. The maximum absolute atomic E-state index is 8.62. The van der Waals surface area contributed by atoms with Gasteiger partial charge in [-0.3, -0.25) is 0 Å². The first-order valence-electron chi connectivity index (χ1n) is 2.87. The molecule has 0 saturated heterocycles. The van der Waals surface area contributed by atoms with Crippen LogP contribution >= 0.6 is 23.7 Å². The smallest absolute Gasteiger partial charge is 0.212 e. The highest BCUT2D eigenvalue weighted by Crippen LogP contribution is 2.17. The molecule has 0 aromatic carbocycles. The first kappa shape index (κ1) is 11.2. The topological polar surface area (TPSA) is 97.5 Å². The van der Waals surface area contributed by atoms with E-state index in [1.807, 2.05) is 0 Å². The maximum Gasteiger partial charge on any atom is 0.212 e. The highest BCUT2D eigenvalue weighted by atomic mass is 35.5. The van der Waals surface area contributed by atoms with Crippen molar-refractivity contribution in [2.75, 3.05) is 0 Å². The van der Waals surface area contributed by atoms with E-state index < -0.39 is 0 Å². The van der Waals surface area contributed by atoms with Crippen LogP contribution in [0.1, 0.15) is 5.69 Å². The quantitative estimate of drug-likeness (QED) is 0.469. The van der Waals surface area contributed by atoms with E-state index in [0.717, 1.165) is 0 Å². The molecule has 1 aromatic heterocycles. The summed E-state index contributed by atoms with van der Waals surface area (Å²) >= 11 is 1.28. The van der Waals surface area contributed by atoms with Gasteiger partial charge in [0.05, 0.1) is 12.3 Å². The van der Waals surface area contributed by atoms with Crippen LogP contribution in [-0.4, -0.2) is 16.1 Å². The van der Waals surface area contributed by atoms with Gasteiger partial charge in [-0.25, -0.2) is 4.98 Å². The second kappa shape index (κ2) is 4.91. The lowest BCUT2D eigenvalue weighted by Crippen LogP contribution is -2.21. The van der Waals surface area contributed by atoms with Gasteiger partial charge in [0, 0.05) is 5.38 Å². The van der Waals surface area contributed by atoms with Crippen LogP contribution < -0.4 is 11.5 Å². The van der Waals surface area contributed by atoms with Crippen molar-refractivity contribution >= 4 is 34.8 Å². The van der Waals surface area contributed by atoms with E-state index in [1.165, 1.54) is 11.3 Å². The standard InChI is InChI=1S/C5H8N4OS.ClH/c6-4(7)9-5-8-3(1-10)2-11-5;/h2,10H,1H2,(H4,6,7,8,9);1H.